The van der Waals surface area contributed by atoms with Crippen LogP contribution in [0.3, 0.4) is 0 Å². The van der Waals surface area contributed by atoms with E-state index < -0.39 is 0 Å². The molecule has 0 N–H and O–H groups in total. The molecule has 0 aliphatic heterocycles. The molecule has 0 amide bonds. The molecule has 1 rings (SSSR count). The van der Waals surface area contributed by atoms with Crippen LogP contribution in [0, 0.1) is 11.3 Å². The largest absolute Gasteiger partial charge is 0.493 e. The van der Waals surface area contributed by atoms with Crippen LogP contribution in [-0.4, -0.2) is 13.2 Å². The van der Waals surface area contributed by atoms with E-state index in [1.807, 2.05) is 13.8 Å². The van der Waals surface area contributed by atoms with Crippen LogP contribution in [0.25, 0.3) is 0 Å². The summed E-state index contributed by atoms with van der Waals surface area (Å²) in [4.78, 5) is 0. The lowest BCUT2D eigenvalue weighted by molar-refractivity contribution is 0.207. The van der Waals surface area contributed by atoms with Crippen molar-refractivity contribution in [3.8, 4) is 17.6 Å². The zero-order valence-corrected chi connectivity index (χ0v) is 9.28. The summed E-state index contributed by atoms with van der Waals surface area (Å²) >= 11 is 0. The number of hydrogen-bond acceptors (Lipinski definition) is 3. The van der Waals surface area contributed by atoms with Crippen molar-refractivity contribution >= 4 is 0 Å². The molecule has 1 aromatic rings. The molecule has 0 spiro atoms. The van der Waals surface area contributed by atoms with Crippen molar-refractivity contribution in [3.05, 3.63) is 23.8 Å². The predicted octanol–water partition coefficient (Wildman–Crippen LogP) is 2.74. The number of rotatable bonds is 4. The zero-order valence-electron chi connectivity index (χ0n) is 9.28. The average molecular weight is 205 g/mol. The van der Waals surface area contributed by atoms with Gasteiger partial charge in [-0.25, -0.2) is 0 Å². The molecule has 0 bridgehead atoms. The highest BCUT2D eigenvalue weighted by Crippen LogP contribution is 2.31. The predicted molar refractivity (Wildman–Crippen MR) is 58.1 cm³/mol. The molecule has 0 heterocycles. The van der Waals surface area contributed by atoms with Gasteiger partial charge in [-0.1, -0.05) is 13.0 Å². The fourth-order valence-electron chi connectivity index (χ4n) is 1.17. The van der Waals surface area contributed by atoms with Crippen LogP contribution in [0.15, 0.2) is 18.2 Å². The summed E-state index contributed by atoms with van der Waals surface area (Å²) in [5.41, 5.74) is 0.509. The van der Waals surface area contributed by atoms with Crippen LogP contribution in [0.5, 0.6) is 11.5 Å². The first-order chi connectivity index (χ1) is 7.22. The molecule has 3 heteroatoms. The maximum Gasteiger partial charge on any atom is 0.179 e. The van der Waals surface area contributed by atoms with E-state index in [1.54, 1.807) is 25.3 Å². The molecule has 15 heavy (non-hydrogen) atoms. The Morgan fingerprint density at radius 3 is 2.73 bits per heavy atom. The van der Waals surface area contributed by atoms with Crippen molar-refractivity contribution in [2.75, 3.05) is 7.11 Å². The summed E-state index contributed by atoms with van der Waals surface area (Å²) in [6, 6.07) is 7.39. The maximum absolute atomic E-state index is 8.94. The van der Waals surface area contributed by atoms with Gasteiger partial charge in [-0.15, -0.1) is 0 Å². The number of nitrogens with zero attached hydrogens (tertiary/aromatic N) is 1. The second-order valence-corrected chi connectivity index (χ2v) is 3.29. The Morgan fingerprint density at radius 2 is 2.20 bits per heavy atom. The number of methoxy groups -OCH3 is 1. The number of benzene rings is 1. The lowest BCUT2D eigenvalue weighted by atomic mass is 10.2. The van der Waals surface area contributed by atoms with E-state index in [9.17, 15) is 0 Å². The van der Waals surface area contributed by atoms with Crippen LogP contribution in [0.4, 0.5) is 0 Å². The Balaban J connectivity index is 3.06. The van der Waals surface area contributed by atoms with Crippen LogP contribution < -0.4 is 9.47 Å². The van der Waals surface area contributed by atoms with Gasteiger partial charge in [0.2, 0.25) is 0 Å². The summed E-state index contributed by atoms with van der Waals surface area (Å²) in [5.74, 6) is 1.14. The minimum atomic E-state index is 0.0772. The monoisotopic (exact) mass is 205 g/mol. The summed E-state index contributed by atoms with van der Waals surface area (Å²) in [7, 11) is 1.57. The number of ether oxygens (including phenoxy) is 2. The first-order valence-electron chi connectivity index (χ1n) is 4.96. The highest BCUT2D eigenvalue weighted by molar-refractivity contribution is 5.52. The van der Waals surface area contributed by atoms with Crippen LogP contribution >= 0.6 is 0 Å². The van der Waals surface area contributed by atoms with E-state index in [0.29, 0.717) is 17.1 Å². The number of hydrogen-bond donors (Lipinski definition) is 0. The van der Waals surface area contributed by atoms with Gasteiger partial charge >= 0.3 is 0 Å². The second kappa shape index (κ2) is 5.26. The summed E-state index contributed by atoms with van der Waals surface area (Å²) in [6.07, 6.45) is 0.969. The smallest absolute Gasteiger partial charge is 0.179 e. The molecule has 0 fully saturated rings. The lowest BCUT2D eigenvalue weighted by Gasteiger charge is -2.16. The highest BCUT2D eigenvalue weighted by Gasteiger charge is 2.12. The van der Waals surface area contributed by atoms with E-state index in [4.69, 9.17) is 14.7 Å². The van der Waals surface area contributed by atoms with E-state index in [-0.39, 0.29) is 6.10 Å². The second-order valence-electron chi connectivity index (χ2n) is 3.29. The fraction of sp³-hybridized carbons (Fsp3) is 0.417. The SMILES string of the molecule is CCC(C)Oc1c(C#N)cccc1OC. The third-order valence-corrected chi connectivity index (χ3v) is 2.21. The molecule has 0 aromatic heterocycles. The van der Waals surface area contributed by atoms with Gasteiger partial charge in [0.15, 0.2) is 11.5 Å². The summed E-state index contributed by atoms with van der Waals surface area (Å²) < 4.78 is 10.8. The molecule has 0 aliphatic rings. The van der Waals surface area contributed by atoms with Gasteiger partial charge in [-0.3, -0.25) is 0 Å². The van der Waals surface area contributed by atoms with Crippen molar-refractivity contribution in [3.63, 3.8) is 0 Å². The standard InChI is InChI=1S/C12H15NO2/c1-4-9(2)15-12-10(8-13)6-5-7-11(12)14-3/h5-7,9H,4H2,1-3H3. The lowest BCUT2D eigenvalue weighted by Crippen LogP contribution is -2.11. The third kappa shape index (κ3) is 2.63. The molecular formula is C12H15NO2. The van der Waals surface area contributed by atoms with E-state index in [0.717, 1.165) is 6.42 Å². The molecule has 1 unspecified atom stereocenters. The van der Waals surface area contributed by atoms with Gasteiger partial charge < -0.3 is 9.47 Å². The van der Waals surface area contributed by atoms with E-state index in [1.165, 1.54) is 0 Å². The van der Waals surface area contributed by atoms with Gasteiger partial charge in [0.1, 0.15) is 6.07 Å². The Morgan fingerprint density at radius 1 is 1.47 bits per heavy atom. The normalized spacial score (nSPS) is 11.6. The Hall–Kier alpha value is -1.69. The quantitative estimate of drug-likeness (QED) is 0.759. The molecular weight excluding hydrogens is 190 g/mol. The van der Waals surface area contributed by atoms with Gasteiger partial charge in [-0.2, -0.15) is 5.26 Å². The molecule has 0 radical (unpaired) electrons. The average Bonchev–Trinajstić information content (AvgIpc) is 2.29. The van der Waals surface area contributed by atoms with Crippen molar-refractivity contribution in [2.24, 2.45) is 0 Å². The molecule has 1 atom stereocenters. The molecule has 0 saturated carbocycles. The molecule has 1 aromatic carbocycles. The van der Waals surface area contributed by atoms with Crippen molar-refractivity contribution in [1.82, 2.24) is 0 Å². The van der Waals surface area contributed by atoms with Crippen molar-refractivity contribution in [2.45, 2.75) is 26.4 Å². The van der Waals surface area contributed by atoms with Crippen LogP contribution in [0.2, 0.25) is 0 Å². The Kier molecular flexibility index (Phi) is 3.99. The van der Waals surface area contributed by atoms with E-state index >= 15 is 0 Å². The molecule has 3 nitrogen and oxygen atoms in total. The van der Waals surface area contributed by atoms with Gasteiger partial charge in [0.25, 0.3) is 0 Å². The van der Waals surface area contributed by atoms with Crippen LogP contribution in [0.1, 0.15) is 25.8 Å². The highest BCUT2D eigenvalue weighted by atomic mass is 16.5. The fourth-order valence-corrected chi connectivity index (χ4v) is 1.17. The maximum atomic E-state index is 8.94. The first kappa shape index (κ1) is 11.4. The Labute approximate surface area is 90.2 Å². The van der Waals surface area contributed by atoms with Crippen LogP contribution in [-0.2, 0) is 0 Å². The van der Waals surface area contributed by atoms with Gasteiger partial charge in [-0.05, 0) is 25.5 Å². The third-order valence-electron chi connectivity index (χ3n) is 2.21. The minimum Gasteiger partial charge on any atom is -0.493 e. The first-order valence-corrected chi connectivity index (χ1v) is 4.96. The molecule has 0 saturated heterocycles. The topological polar surface area (TPSA) is 42.2 Å². The number of nitriles is 1. The van der Waals surface area contributed by atoms with Crippen molar-refractivity contribution < 1.29 is 9.47 Å². The summed E-state index contributed by atoms with van der Waals surface area (Å²) in [5, 5.41) is 8.94. The Bertz CT molecular complexity index is 368. The summed E-state index contributed by atoms with van der Waals surface area (Å²) in [6.45, 7) is 4.00. The van der Waals surface area contributed by atoms with E-state index in [2.05, 4.69) is 6.07 Å². The van der Waals surface area contributed by atoms with Gasteiger partial charge in [0.05, 0.1) is 18.8 Å². The van der Waals surface area contributed by atoms with Gasteiger partial charge in [0, 0.05) is 0 Å². The molecule has 0 aliphatic carbocycles. The molecule has 80 valence electrons. The minimum absolute atomic E-state index is 0.0772. The zero-order chi connectivity index (χ0) is 11.3. The number of para-hydroxylation sites is 1. The van der Waals surface area contributed by atoms with Crippen molar-refractivity contribution in [1.29, 1.82) is 5.26 Å².